The van der Waals surface area contributed by atoms with E-state index in [0.717, 1.165) is 23.4 Å². The third kappa shape index (κ3) is 4.71. The van der Waals surface area contributed by atoms with Crippen LogP contribution >= 0.6 is 11.6 Å². The number of imidazole rings is 1. The van der Waals surface area contributed by atoms with Gasteiger partial charge in [-0.3, -0.25) is 9.59 Å². The number of fused-ring (bicyclic) bond motifs is 1. The van der Waals surface area contributed by atoms with Gasteiger partial charge in [-0.25, -0.2) is 9.97 Å². The van der Waals surface area contributed by atoms with Crippen molar-refractivity contribution in [1.82, 2.24) is 14.4 Å². The van der Waals surface area contributed by atoms with Crippen molar-refractivity contribution in [2.45, 2.75) is 44.6 Å². The van der Waals surface area contributed by atoms with Crippen LogP contribution in [0.25, 0.3) is 5.65 Å². The Kier molecular flexibility index (Phi) is 5.72. The highest BCUT2D eigenvalue weighted by molar-refractivity contribution is 6.30. The normalized spacial score (nSPS) is 18.7. The summed E-state index contributed by atoms with van der Waals surface area (Å²) in [6, 6.07) is 13.3. The van der Waals surface area contributed by atoms with Gasteiger partial charge in [0.05, 0.1) is 17.8 Å². The van der Waals surface area contributed by atoms with Crippen LogP contribution < -0.4 is 10.6 Å². The zero-order chi connectivity index (χ0) is 24.8. The van der Waals surface area contributed by atoms with Crippen LogP contribution in [0.5, 0.6) is 0 Å². The van der Waals surface area contributed by atoms with Gasteiger partial charge in [0.25, 0.3) is 0 Å². The molecule has 2 aliphatic rings. The van der Waals surface area contributed by atoms with Crippen molar-refractivity contribution in [1.29, 1.82) is 0 Å². The molecular formula is C28H26ClN5O2. The number of hydrogen-bond donors (Lipinski definition) is 2. The van der Waals surface area contributed by atoms with Gasteiger partial charge in [0.1, 0.15) is 11.5 Å². The molecule has 6 rings (SSSR count). The van der Waals surface area contributed by atoms with Gasteiger partial charge in [0.2, 0.25) is 5.91 Å². The number of nitrogens with zero attached hydrogens (tertiary/aromatic N) is 3. The molecule has 0 spiro atoms. The summed E-state index contributed by atoms with van der Waals surface area (Å²) in [5, 5.41) is 6.98. The van der Waals surface area contributed by atoms with Crippen molar-refractivity contribution in [2.24, 2.45) is 5.92 Å². The van der Waals surface area contributed by atoms with Crippen LogP contribution in [0.15, 0.2) is 61.1 Å². The predicted molar refractivity (Wildman–Crippen MR) is 140 cm³/mol. The molecule has 3 heterocycles. The van der Waals surface area contributed by atoms with Crippen LogP contribution in [0.1, 0.15) is 65.2 Å². The van der Waals surface area contributed by atoms with Crippen molar-refractivity contribution in [3.8, 4) is 0 Å². The van der Waals surface area contributed by atoms with E-state index in [4.69, 9.17) is 16.6 Å². The molecule has 8 heteroatoms. The molecule has 0 aliphatic heterocycles. The smallest absolute Gasteiger partial charge is 0.229 e. The van der Waals surface area contributed by atoms with Crippen LogP contribution in [0.3, 0.4) is 0 Å². The first kappa shape index (κ1) is 22.7. The second-order valence-corrected chi connectivity index (χ2v) is 10.2. The highest BCUT2D eigenvalue weighted by atomic mass is 35.5. The van der Waals surface area contributed by atoms with Crippen molar-refractivity contribution in [3.63, 3.8) is 0 Å². The van der Waals surface area contributed by atoms with E-state index in [1.165, 1.54) is 18.4 Å². The van der Waals surface area contributed by atoms with Gasteiger partial charge in [-0.05, 0) is 73.4 Å². The lowest BCUT2D eigenvalue weighted by molar-refractivity contribution is -0.117. The molecule has 2 unspecified atom stereocenters. The number of carbonyl (C=O) groups excluding carboxylic acids is 2. The number of aromatic nitrogens is 3. The Morgan fingerprint density at radius 3 is 2.75 bits per heavy atom. The summed E-state index contributed by atoms with van der Waals surface area (Å²) in [7, 11) is 0. The maximum Gasteiger partial charge on any atom is 0.229 e. The van der Waals surface area contributed by atoms with E-state index >= 15 is 0 Å². The highest BCUT2D eigenvalue weighted by Gasteiger charge is 2.44. The summed E-state index contributed by atoms with van der Waals surface area (Å²) < 4.78 is 1.96. The summed E-state index contributed by atoms with van der Waals surface area (Å²) in [5.41, 5.74) is 5.30. The van der Waals surface area contributed by atoms with E-state index in [2.05, 4.69) is 21.8 Å². The van der Waals surface area contributed by atoms with E-state index in [0.29, 0.717) is 34.5 Å². The van der Waals surface area contributed by atoms with Gasteiger partial charge in [-0.2, -0.15) is 0 Å². The highest BCUT2D eigenvalue weighted by Crippen LogP contribution is 2.48. The minimum Gasteiger partial charge on any atom is -0.379 e. The van der Waals surface area contributed by atoms with Gasteiger partial charge in [0.15, 0.2) is 5.78 Å². The summed E-state index contributed by atoms with van der Waals surface area (Å²) in [5.74, 6) is 1.17. The molecule has 2 saturated carbocycles. The Hall–Kier alpha value is -3.71. The van der Waals surface area contributed by atoms with Crippen molar-refractivity contribution < 1.29 is 9.59 Å². The van der Waals surface area contributed by atoms with Crippen LogP contribution in [0.4, 0.5) is 11.5 Å². The lowest BCUT2D eigenvalue weighted by Gasteiger charge is -2.08. The Labute approximate surface area is 213 Å². The predicted octanol–water partition coefficient (Wildman–Crippen LogP) is 5.82. The molecule has 2 fully saturated rings. The van der Waals surface area contributed by atoms with Crippen molar-refractivity contribution in [2.75, 3.05) is 10.6 Å². The summed E-state index contributed by atoms with van der Waals surface area (Å²) in [6.07, 6.45) is 8.88. The number of ketones is 1. The molecule has 2 aliphatic carbocycles. The topological polar surface area (TPSA) is 88.4 Å². The maximum absolute atomic E-state index is 12.8. The van der Waals surface area contributed by atoms with E-state index < -0.39 is 0 Å². The van der Waals surface area contributed by atoms with E-state index in [1.807, 2.05) is 53.1 Å². The van der Waals surface area contributed by atoms with Gasteiger partial charge in [-0.1, -0.05) is 23.7 Å². The van der Waals surface area contributed by atoms with Crippen molar-refractivity contribution >= 4 is 40.4 Å². The minimum atomic E-state index is -0.0733. The van der Waals surface area contributed by atoms with Crippen LogP contribution in [-0.4, -0.2) is 26.1 Å². The Bertz CT molecular complexity index is 1490. The fourth-order valence-electron chi connectivity index (χ4n) is 4.77. The first-order valence-electron chi connectivity index (χ1n) is 12.2. The monoisotopic (exact) mass is 499 g/mol. The average molecular weight is 500 g/mol. The van der Waals surface area contributed by atoms with Crippen LogP contribution in [0.2, 0.25) is 5.02 Å². The summed E-state index contributed by atoms with van der Waals surface area (Å²) in [6.45, 7) is 2.07. The number of nitrogens with one attached hydrogen (secondary N) is 2. The van der Waals surface area contributed by atoms with E-state index in [-0.39, 0.29) is 23.5 Å². The number of amides is 1. The van der Waals surface area contributed by atoms with E-state index in [1.54, 1.807) is 13.1 Å². The van der Waals surface area contributed by atoms with Crippen molar-refractivity contribution in [3.05, 3.63) is 88.5 Å². The Morgan fingerprint density at radius 1 is 1.11 bits per heavy atom. The van der Waals surface area contributed by atoms with Gasteiger partial charge in [0, 0.05) is 41.3 Å². The fourth-order valence-corrected chi connectivity index (χ4v) is 4.96. The molecule has 182 valence electrons. The molecule has 0 bridgehead atoms. The second kappa shape index (κ2) is 9.06. The number of anilines is 2. The average Bonchev–Trinajstić information content (AvgIpc) is 3.78. The fraction of sp³-hybridized carbons (Fsp3) is 0.286. The van der Waals surface area contributed by atoms with Gasteiger partial charge >= 0.3 is 0 Å². The lowest BCUT2D eigenvalue weighted by atomic mass is 10.1. The first-order valence-corrected chi connectivity index (χ1v) is 12.6. The number of rotatable bonds is 8. The number of carbonyl (C=O) groups is 2. The Balaban J connectivity index is 1.11. The zero-order valence-electron chi connectivity index (χ0n) is 19.9. The number of halogens is 1. The largest absolute Gasteiger partial charge is 0.379 e. The maximum atomic E-state index is 12.8. The van der Waals surface area contributed by atoms with Gasteiger partial charge < -0.3 is 15.0 Å². The number of pyridine rings is 2. The summed E-state index contributed by atoms with van der Waals surface area (Å²) in [4.78, 5) is 34.0. The molecule has 2 N–H and O–H groups in total. The lowest BCUT2D eigenvalue weighted by Crippen LogP contribution is -2.15. The third-order valence-electron chi connectivity index (χ3n) is 6.94. The first-order chi connectivity index (χ1) is 17.4. The SMILES string of the molecule is CC(=O)c1cc(C2CC2)cn2cc(CNc3ccnc(NC(=O)C4CC4c4cccc(Cl)c4)c3)nc12. The molecule has 1 amide bonds. The van der Waals surface area contributed by atoms with Gasteiger partial charge in [-0.15, -0.1) is 0 Å². The third-order valence-corrected chi connectivity index (χ3v) is 7.17. The number of Topliss-reactive ketones (excluding diaryl/α,β-unsaturated/α-hetero) is 1. The zero-order valence-corrected chi connectivity index (χ0v) is 20.6. The molecule has 1 aromatic carbocycles. The quantitative estimate of drug-likeness (QED) is 0.298. The molecule has 3 aromatic heterocycles. The standard InChI is InChI=1S/C28H26ClN5O2/c1-16(35)23-10-19(17-5-6-17)14-34-15-22(32-27(23)34)13-31-21-7-8-30-26(11-21)33-28(36)25-12-24(25)18-3-2-4-20(29)9-18/h2-4,7-11,14-15,17,24-25H,5-6,12-13H2,1H3,(H2,30,31,33,36). The molecule has 2 atom stereocenters. The van der Waals surface area contributed by atoms with Crippen LogP contribution in [0, 0.1) is 5.92 Å². The number of hydrogen-bond acceptors (Lipinski definition) is 5. The molecule has 7 nitrogen and oxygen atoms in total. The Morgan fingerprint density at radius 2 is 1.97 bits per heavy atom. The molecule has 4 aromatic rings. The van der Waals surface area contributed by atoms with E-state index in [9.17, 15) is 9.59 Å². The molecule has 0 saturated heterocycles. The number of benzene rings is 1. The molecular weight excluding hydrogens is 474 g/mol. The molecule has 0 radical (unpaired) electrons. The molecule has 36 heavy (non-hydrogen) atoms. The second-order valence-electron chi connectivity index (χ2n) is 9.76. The minimum absolute atomic E-state index is 0.0235. The summed E-state index contributed by atoms with van der Waals surface area (Å²) >= 11 is 6.09. The van der Waals surface area contributed by atoms with Crippen LogP contribution in [-0.2, 0) is 11.3 Å².